The minimum Gasteiger partial charge on any atom is -0.380 e. The summed E-state index contributed by atoms with van der Waals surface area (Å²) < 4.78 is 5.75. The Morgan fingerprint density at radius 2 is 2.33 bits per heavy atom. The summed E-state index contributed by atoms with van der Waals surface area (Å²) in [6, 6.07) is -0.282. The summed E-state index contributed by atoms with van der Waals surface area (Å²) in [6.45, 7) is 5.22. The summed E-state index contributed by atoms with van der Waals surface area (Å²) in [5.74, 6) is 0.0336. The van der Waals surface area contributed by atoms with Gasteiger partial charge in [-0.1, -0.05) is 13.3 Å². The van der Waals surface area contributed by atoms with Crippen LogP contribution in [0.3, 0.4) is 0 Å². The number of carbonyl (C=O) groups excluding carboxylic acids is 1. The zero-order valence-corrected chi connectivity index (χ0v) is 9.90. The zero-order valence-electron chi connectivity index (χ0n) is 9.90. The van der Waals surface area contributed by atoms with Crippen molar-refractivity contribution in [3.05, 3.63) is 0 Å². The van der Waals surface area contributed by atoms with Gasteiger partial charge in [0.1, 0.15) is 7.85 Å². The van der Waals surface area contributed by atoms with Gasteiger partial charge in [0.25, 0.3) is 0 Å². The summed E-state index contributed by atoms with van der Waals surface area (Å²) in [4.78, 5) is 13.6. The van der Waals surface area contributed by atoms with Crippen LogP contribution in [0.15, 0.2) is 0 Å². The van der Waals surface area contributed by atoms with E-state index in [-0.39, 0.29) is 18.0 Å². The highest BCUT2D eigenvalue weighted by molar-refractivity contribution is 6.11. The lowest BCUT2D eigenvalue weighted by atomic mass is 9.96. The van der Waals surface area contributed by atoms with Crippen LogP contribution >= 0.6 is 0 Å². The Hall–Kier alpha value is -0.545. The SMILES string of the molecule is BC1CN(C(=O)C(C)N)CC(CCC)O1. The van der Waals surface area contributed by atoms with Gasteiger partial charge in [0.2, 0.25) is 5.91 Å². The standard InChI is InChI=1S/C10H21BN2O2/c1-3-4-8-5-13(6-9(11)15-8)10(14)7(2)12/h7-9H,3-6,11-12H2,1-2H3. The minimum atomic E-state index is -0.405. The first-order valence-corrected chi connectivity index (χ1v) is 5.74. The van der Waals surface area contributed by atoms with Crippen molar-refractivity contribution in [1.29, 1.82) is 0 Å². The molecule has 2 N–H and O–H groups in total. The maximum atomic E-state index is 11.7. The molecule has 0 saturated carbocycles. The fourth-order valence-electron chi connectivity index (χ4n) is 1.99. The molecule has 0 radical (unpaired) electrons. The highest BCUT2D eigenvalue weighted by atomic mass is 16.5. The Kier molecular flexibility index (Phi) is 4.60. The first-order valence-electron chi connectivity index (χ1n) is 5.74. The molecule has 0 aromatic carbocycles. The van der Waals surface area contributed by atoms with E-state index in [1.807, 2.05) is 12.7 Å². The second-order valence-corrected chi connectivity index (χ2v) is 4.39. The van der Waals surface area contributed by atoms with Crippen molar-refractivity contribution in [3.8, 4) is 0 Å². The van der Waals surface area contributed by atoms with Crippen molar-refractivity contribution >= 4 is 13.8 Å². The van der Waals surface area contributed by atoms with Crippen LogP contribution in [0.25, 0.3) is 0 Å². The molecule has 1 saturated heterocycles. The average Bonchev–Trinajstić information content (AvgIpc) is 2.16. The van der Waals surface area contributed by atoms with Gasteiger partial charge in [-0.25, -0.2) is 0 Å². The maximum absolute atomic E-state index is 11.7. The molecule has 1 heterocycles. The molecule has 0 aromatic rings. The van der Waals surface area contributed by atoms with Gasteiger partial charge in [-0.2, -0.15) is 0 Å². The summed E-state index contributed by atoms with van der Waals surface area (Å²) in [5, 5.41) is 0. The smallest absolute Gasteiger partial charge is 0.239 e. The topological polar surface area (TPSA) is 55.6 Å². The van der Waals surface area contributed by atoms with Crippen LogP contribution in [0.4, 0.5) is 0 Å². The first-order chi connectivity index (χ1) is 7.04. The number of hydrogen-bond donors (Lipinski definition) is 1. The van der Waals surface area contributed by atoms with E-state index in [9.17, 15) is 4.79 Å². The molecule has 1 aliphatic heterocycles. The second kappa shape index (κ2) is 5.51. The number of morpholine rings is 1. The third-order valence-electron chi connectivity index (χ3n) is 2.64. The summed E-state index contributed by atoms with van der Waals surface area (Å²) in [5.41, 5.74) is 5.60. The van der Waals surface area contributed by atoms with E-state index in [1.54, 1.807) is 6.92 Å². The van der Waals surface area contributed by atoms with Crippen LogP contribution in [0.2, 0.25) is 0 Å². The Bertz CT molecular complexity index is 223. The molecule has 0 aromatic heterocycles. The molecule has 4 nitrogen and oxygen atoms in total. The summed E-state index contributed by atoms with van der Waals surface area (Å²) >= 11 is 0. The van der Waals surface area contributed by atoms with E-state index >= 15 is 0 Å². The fraction of sp³-hybridized carbons (Fsp3) is 0.900. The predicted octanol–water partition coefficient (Wildman–Crippen LogP) is -0.680. The molecule has 1 amide bonds. The van der Waals surface area contributed by atoms with Crippen molar-refractivity contribution in [1.82, 2.24) is 4.90 Å². The molecule has 3 atom stereocenters. The highest BCUT2D eigenvalue weighted by Gasteiger charge is 2.28. The third kappa shape index (κ3) is 3.50. The Morgan fingerprint density at radius 3 is 2.87 bits per heavy atom. The van der Waals surface area contributed by atoms with Crippen LogP contribution in [-0.2, 0) is 9.53 Å². The molecule has 86 valence electrons. The molecule has 1 rings (SSSR count). The van der Waals surface area contributed by atoms with Crippen LogP contribution < -0.4 is 5.73 Å². The number of ether oxygens (including phenoxy) is 1. The third-order valence-corrected chi connectivity index (χ3v) is 2.64. The molecule has 5 heteroatoms. The summed E-state index contributed by atoms with van der Waals surface area (Å²) in [6.07, 6.45) is 2.27. The average molecular weight is 212 g/mol. The predicted molar refractivity (Wildman–Crippen MR) is 62.3 cm³/mol. The van der Waals surface area contributed by atoms with E-state index in [4.69, 9.17) is 10.5 Å². The van der Waals surface area contributed by atoms with Crippen molar-refractivity contribution in [3.63, 3.8) is 0 Å². The van der Waals surface area contributed by atoms with E-state index in [2.05, 4.69) is 6.92 Å². The molecule has 1 fully saturated rings. The van der Waals surface area contributed by atoms with E-state index in [1.165, 1.54) is 0 Å². The zero-order chi connectivity index (χ0) is 11.4. The monoisotopic (exact) mass is 212 g/mol. The fourth-order valence-corrected chi connectivity index (χ4v) is 1.99. The number of hydrogen-bond acceptors (Lipinski definition) is 3. The van der Waals surface area contributed by atoms with Crippen molar-refractivity contribution in [2.24, 2.45) is 5.73 Å². The van der Waals surface area contributed by atoms with Crippen LogP contribution in [0.1, 0.15) is 26.7 Å². The largest absolute Gasteiger partial charge is 0.380 e. The lowest BCUT2D eigenvalue weighted by Crippen LogP contribution is -2.53. The van der Waals surface area contributed by atoms with E-state index < -0.39 is 6.04 Å². The van der Waals surface area contributed by atoms with Gasteiger partial charge in [-0.3, -0.25) is 4.79 Å². The van der Waals surface area contributed by atoms with Gasteiger partial charge in [-0.15, -0.1) is 0 Å². The van der Waals surface area contributed by atoms with Gasteiger partial charge < -0.3 is 15.4 Å². The normalized spacial score (nSPS) is 28.9. The number of rotatable bonds is 3. The number of carbonyl (C=O) groups is 1. The van der Waals surface area contributed by atoms with Gasteiger partial charge in [-0.05, 0) is 13.3 Å². The van der Waals surface area contributed by atoms with Crippen LogP contribution in [-0.4, -0.2) is 49.9 Å². The summed E-state index contributed by atoms with van der Waals surface area (Å²) in [7, 11) is 2.00. The molecular formula is C10H21BN2O2. The Morgan fingerprint density at radius 1 is 1.67 bits per heavy atom. The van der Waals surface area contributed by atoms with Crippen molar-refractivity contribution in [2.45, 2.75) is 44.8 Å². The second-order valence-electron chi connectivity index (χ2n) is 4.39. The van der Waals surface area contributed by atoms with E-state index in [0.717, 1.165) is 12.8 Å². The minimum absolute atomic E-state index is 0.0336. The highest BCUT2D eigenvalue weighted by Crippen LogP contribution is 2.14. The molecule has 0 spiro atoms. The molecular weight excluding hydrogens is 191 g/mol. The van der Waals surface area contributed by atoms with Gasteiger partial charge in [0.05, 0.1) is 12.1 Å². The number of nitrogens with zero attached hydrogens (tertiary/aromatic N) is 1. The Balaban J connectivity index is 2.55. The first kappa shape index (κ1) is 12.5. The number of amides is 1. The molecule has 15 heavy (non-hydrogen) atoms. The molecule has 0 aliphatic carbocycles. The van der Waals surface area contributed by atoms with Crippen molar-refractivity contribution in [2.75, 3.05) is 13.1 Å². The van der Waals surface area contributed by atoms with Crippen molar-refractivity contribution < 1.29 is 9.53 Å². The van der Waals surface area contributed by atoms with E-state index in [0.29, 0.717) is 13.1 Å². The molecule has 3 unspecified atom stereocenters. The van der Waals surface area contributed by atoms with Crippen LogP contribution in [0.5, 0.6) is 0 Å². The lowest BCUT2D eigenvalue weighted by molar-refractivity contribution is -0.142. The van der Waals surface area contributed by atoms with Gasteiger partial charge in [0, 0.05) is 19.1 Å². The molecule has 0 bridgehead atoms. The van der Waals surface area contributed by atoms with Gasteiger partial charge >= 0.3 is 0 Å². The maximum Gasteiger partial charge on any atom is 0.239 e. The number of nitrogens with two attached hydrogens (primary N) is 1. The molecule has 1 aliphatic rings. The Labute approximate surface area is 92.5 Å². The van der Waals surface area contributed by atoms with Crippen LogP contribution in [0, 0.1) is 0 Å². The quantitative estimate of drug-likeness (QED) is 0.630. The van der Waals surface area contributed by atoms with Gasteiger partial charge in [0.15, 0.2) is 0 Å². The lowest BCUT2D eigenvalue weighted by Gasteiger charge is -2.37.